The first-order valence-electron chi connectivity index (χ1n) is 7.12. The summed E-state index contributed by atoms with van der Waals surface area (Å²) < 4.78 is 22.4. The Kier molecular flexibility index (Phi) is 4.70. The predicted octanol–water partition coefficient (Wildman–Crippen LogP) is -0.0526. The molecular formula is C15H19NO6. The van der Waals surface area contributed by atoms with E-state index in [0.29, 0.717) is 6.41 Å². The first-order chi connectivity index (χ1) is 10.7. The Hall–Kier alpha value is -1.51. The fourth-order valence-electron chi connectivity index (χ4n) is 2.83. The molecule has 0 unspecified atom stereocenters. The SMILES string of the molecule is CO[C@@H]1O[C@@H]2CO[C@H](c3ccccc3)O[C@H]2[C@@H](O)[C@H]1NC=O. The van der Waals surface area contributed by atoms with Crippen LogP contribution < -0.4 is 5.32 Å². The third-order valence-electron chi connectivity index (χ3n) is 3.93. The predicted molar refractivity (Wildman–Crippen MR) is 74.7 cm³/mol. The van der Waals surface area contributed by atoms with Crippen molar-refractivity contribution in [3.8, 4) is 0 Å². The zero-order valence-electron chi connectivity index (χ0n) is 12.1. The Balaban J connectivity index is 1.76. The zero-order valence-corrected chi connectivity index (χ0v) is 12.1. The molecule has 7 nitrogen and oxygen atoms in total. The van der Waals surface area contributed by atoms with E-state index in [9.17, 15) is 9.90 Å². The molecule has 22 heavy (non-hydrogen) atoms. The van der Waals surface area contributed by atoms with Gasteiger partial charge in [0.25, 0.3) is 0 Å². The van der Waals surface area contributed by atoms with E-state index in [1.807, 2.05) is 30.3 Å². The molecule has 7 heteroatoms. The van der Waals surface area contributed by atoms with Crippen LogP contribution in [0, 0.1) is 0 Å². The van der Waals surface area contributed by atoms with E-state index in [-0.39, 0.29) is 6.61 Å². The molecule has 0 saturated carbocycles. The summed E-state index contributed by atoms with van der Waals surface area (Å²) in [6, 6.07) is 8.76. The van der Waals surface area contributed by atoms with E-state index < -0.39 is 36.9 Å². The Morgan fingerprint density at radius 1 is 1.32 bits per heavy atom. The van der Waals surface area contributed by atoms with Gasteiger partial charge in [0, 0.05) is 12.7 Å². The summed E-state index contributed by atoms with van der Waals surface area (Å²) in [7, 11) is 1.45. The molecule has 0 spiro atoms. The number of amides is 1. The second-order valence-electron chi connectivity index (χ2n) is 5.26. The number of hydrogen-bond donors (Lipinski definition) is 2. The molecule has 6 atom stereocenters. The number of carbonyl (C=O) groups is 1. The topological polar surface area (TPSA) is 86.2 Å². The van der Waals surface area contributed by atoms with Crippen molar-refractivity contribution >= 4 is 6.41 Å². The normalized spacial score (nSPS) is 38.1. The number of aliphatic hydroxyl groups excluding tert-OH is 1. The average Bonchev–Trinajstić information content (AvgIpc) is 2.58. The van der Waals surface area contributed by atoms with E-state index in [4.69, 9.17) is 18.9 Å². The van der Waals surface area contributed by atoms with Crippen LogP contribution in [0.5, 0.6) is 0 Å². The van der Waals surface area contributed by atoms with Crippen molar-refractivity contribution in [2.75, 3.05) is 13.7 Å². The van der Waals surface area contributed by atoms with Crippen LogP contribution in [0.25, 0.3) is 0 Å². The standard InChI is InChI=1S/C15H19NO6/c1-19-15-11(16-8-17)12(18)13-10(21-15)7-20-14(22-13)9-5-3-2-4-6-9/h2-6,8,10-15,18H,7H2,1H3,(H,16,17)/t10-,11-,12+,13-,14+,15-/m1/s1. The molecule has 2 aliphatic rings. The number of carbonyl (C=O) groups excluding carboxylic acids is 1. The second-order valence-corrected chi connectivity index (χ2v) is 5.26. The Morgan fingerprint density at radius 2 is 2.09 bits per heavy atom. The van der Waals surface area contributed by atoms with E-state index in [0.717, 1.165) is 5.56 Å². The number of rotatable bonds is 4. The van der Waals surface area contributed by atoms with E-state index >= 15 is 0 Å². The van der Waals surface area contributed by atoms with Crippen LogP contribution in [0.4, 0.5) is 0 Å². The second kappa shape index (κ2) is 6.72. The highest BCUT2D eigenvalue weighted by Gasteiger charge is 2.49. The molecule has 0 aliphatic carbocycles. The maximum atomic E-state index is 10.7. The molecule has 1 amide bonds. The van der Waals surface area contributed by atoms with Crippen LogP contribution in [-0.4, -0.2) is 55.9 Å². The number of nitrogens with one attached hydrogen (secondary N) is 1. The Labute approximate surface area is 128 Å². The zero-order chi connectivity index (χ0) is 15.5. The fraction of sp³-hybridized carbons (Fsp3) is 0.533. The maximum absolute atomic E-state index is 10.7. The number of fused-ring (bicyclic) bond motifs is 1. The van der Waals surface area contributed by atoms with Gasteiger partial charge in [-0.25, -0.2) is 0 Å². The monoisotopic (exact) mass is 309 g/mol. The molecule has 1 aromatic rings. The number of aliphatic hydroxyl groups is 1. The van der Waals surface area contributed by atoms with Crippen molar-refractivity contribution < 1.29 is 28.8 Å². The van der Waals surface area contributed by atoms with Gasteiger partial charge in [0.1, 0.15) is 24.4 Å². The highest BCUT2D eigenvalue weighted by atomic mass is 16.7. The molecular weight excluding hydrogens is 290 g/mol. The van der Waals surface area contributed by atoms with Gasteiger partial charge >= 0.3 is 0 Å². The van der Waals surface area contributed by atoms with Crippen molar-refractivity contribution in [2.45, 2.75) is 36.9 Å². The largest absolute Gasteiger partial charge is 0.388 e. The minimum atomic E-state index is -0.955. The van der Waals surface area contributed by atoms with E-state index in [2.05, 4.69) is 5.32 Å². The summed E-state index contributed by atoms with van der Waals surface area (Å²) in [5, 5.41) is 13.0. The molecule has 0 bridgehead atoms. The van der Waals surface area contributed by atoms with Gasteiger partial charge < -0.3 is 29.4 Å². The number of benzene rings is 1. The van der Waals surface area contributed by atoms with Gasteiger partial charge in [0.05, 0.1) is 6.61 Å². The quantitative estimate of drug-likeness (QED) is 0.758. The van der Waals surface area contributed by atoms with E-state index in [1.54, 1.807) is 0 Å². The Bertz CT molecular complexity index is 498. The first kappa shape index (κ1) is 15.4. The summed E-state index contributed by atoms with van der Waals surface area (Å²) in [5.74, 6) is 0. The van der Waals surface area contributed by atoms with Crippen molar-refractivity contribution in [2.24, 2.45) is 0 Å². The molecule has 2 fully saturated rings. The van der Waals surface area contributed by atoms with Gasteiger partial charge in [-0.15, -0.1) is 0 Å². The van der Waals surface area contributed by atoms with Crippen molar-refractivity contribution in [1.82, 2.24) is 5.32 Å². The molecule has 120 valence electrons. The highest BCUT2D eigenvalue weighted by molar-refractivity contribution is 5.47. The van der Waals surface area contributed by atoms with Gasteiger partial charge in [-0.05, 0) is 0 Å². The minimum Gasteiger partial charge on any atom is -0.388 e. The third kappa shape index (κ3) is 2.86. The van der Waals surface area contributed by atoms with Crippen molar-refractivity contribution in [3.63, 3.8) is 0 Å². The lowest BCUT2D eigenvalue weighted by atomic mass is 9.96. The first-order valence-corrected chi connectivity index (χ1v) is 7.12. The molecule has 2 heterocycles. The molecule has 0 radical (unpaired) electrons. The van der Waals surface area contributed by atoms with Crippen molar-refractivity contribution in [1.29, 1.82) is 0 Å². The summed E-state index contributed by atoms with van der Waals surface area (Å²) in [6.45, 7) is 0.273. The smallest absolute Gasteiger partial charge is 0.207 e. The molecule has 0 aromatic heterocycles. The van der Waals surface area contributed by atoms with Crippen LogP contribution in [0.15, 0.2) is 30.3 Å². The summed E-state index contributed by atoms with van der Waals surface area (Å²) >= 11 is 0. The number of ether oxygens (including phenoxy) is 4. The average molecular weight is 309 g/mol. The molecule has 2 saturated heterocycles. The lowest BCUT2D eigenvalue weighted by Gasteiger charge is -2.47. The Morgan fingerprint density at radius 3 is 2.77 bits per heavy atom. The molecule has 2 aliphatic heterocycles. The van der Waals surface area contributed by atoms with Gasteiger partial charge in [-0.2, -0.15) is 0 Å². The number of methoxy groups -OCH3 is 1. The van der Waals surface area contributed by atoms with Gasteiger partial charge in [0.2, 0.25) is 6.41 Å². The van der Waals surface area contributed by atoms with Crippen LogP contribution in [0.1, 0.15) is 11.9 Å². The van der Waals surface area contributed by atoms with Crippen LogP contribution in [0.3, 0.4) is 0 Å². The van der Waals surface area contributed by atoms with Crippen LogP contribution in [-0.2, 0) is 23.7 Å². The van der Waals surface area contributed by atoms with Gasteiger partial charge in [-0.1, -0.05) is 30.3 Å². The molecule has 3 rings (SSSR count). The summed E-state index contributed by atoms with van der Waals surface area (Å²) in [5.41, 5.74) is 0.863. The maximum Gasteiger partial charge on any atom is 0.207 e. The fourth-order valence-corrected chi connectivity index (χ4v) is 2.83. The molecule has 2 N–H and O–H groups in total. The summed E-state index contributed by atoms with van der Waals surface area (Å²) in [4.78, 5) is 10.7. The minimum absolute atomic E-state index is 0.273. The van der Waals surface area contributed by atoms with Gasteiger partial charge in [0.15, 0.2) is 12.6 Å². The van der Waals surface area contributed by atoms with Crippen molar-refractivity contribution in [3.05, 3.63) is 35.9 Å². The highest BCUT2D eigenvalue weighted by Crippen LogP contribution is 2.34. The van der Waals surface area contributed by atoms with Crippen LogP contribution in [0.2, 0.25) is 0 Å². The van der Waals surface area contributed by atoms with E-state index in [1.165, 1.54) is 7.11 Å². The van der Waals surface area contributed by atoms with Gasteiger partial charge in [-0.3, -0.25) is 4.79 Å². The number of hydrogen-bond acceptors (Lipinski definition) is 6. The molecule has 1 aromatic carbocycles. The summed E-state index contributed by atoms with van der Waals surface area (Å²) in [6.07, 6.45) is -2.83. The lowest BCUT2D eigenvalue weighted by molar-refractivity contribution is -0.341. The lowest BCUT2D eigenvalue weighted by Crippen LogP contribution is -2.65. The third-order valence-corrected chi connectivity index (χ3v) is 3.93. The van der Waals surface area contributed by atoms with Crippen LogP contribution >= 0.6 is 0 Å².